The second-order valence-electron chi connectivity index (χ2n) is 5.87. The van der Waals surface area contributed by atoms with E-state index in [0.717, 1.165) is 36.2 Å². The topological polar surface area (TPSA) is 71.2 Å². The van der Waals surface area contributed by atoms with E-state index in [1.165, 1.54) is 0 Å². The first-order valence-electron chi connectivity index (χ1n) is 6.85. The molecule has 3 rings (SSSR count). The summed E-state index contributed by atoms with van der Waals surface area (Å²) < 4.78 is 5.45. The van der Waals surface area contributed by atoms with Crippen LogP contribution in [-0.2, 0) is 5.41 Å². The minimum absolute atomic E-state index is 0.0771. The lowest BCUT2D eigenvalue weighted by atomic mass is 9.90. The number of phenolic OH excluding ortho intramolecular Hbond substituents is 1. The maximum atomic E-state index is 9.82. The molecule has 2 N–H and O–H groups in total. The monoisotopic (exact) mass is 273 g/mol. The predicted molar refractivity (Wildman–Crippen MR) is 75.7 cm³/mol. The summed E-state index contributed by atoms with van der Waals surface area (Å²) in [5.74, 6) is 1.59. The molecule has 1 aliphatic rings. The molecule has 1 aliphatic heterocycles. The van der Waals surface area contributed by atoms with Crippen LogP contribution in [0, 0.1) is 13.8 Å². The van der Waals surface area contributed by atoms with Gasteiger partial charge in [-0.3, -0.25) is 0 Å². The number of aromatic nitrogens is 2. The molecule has 0 spiro atoms. The Kier molecular flexibility index (Phi) is 3.01. The summed E-state index contributed by atoms with van der Waals surface area (Å²) >= 11 is 0. The van der Waals surface area contributed by atoms with E-state index in [-0.39, 0.29) is 5.41 Å². The second kappa shape index (κ2) is 4.59. The lowest BCUT2D eigenvalue weighted by Gasteiger charge is -2.15. The van der Waals surface area contributed by atoms with Gasteiger partial charge in [-0.1, -0.05) is 5.16 Å². The van der Waals surface area contributed by atoms with Crippen LogP contribution in [0.15, 0.2) is 16.7 Å². The van der Waals surface area contributed by atoms with Gasteiger partial charge in [0.2, 0.25) is 11.7 Å². The minimum Gasteiger partial charge on any atom is -0.507 e. The third-order valence-corrected chi connectivity index (χ3v) is 4.06. The van der Waals surface area contributed by atoms with E-state index in [4.69, 9.17) is 4.52 Å². The normalized spacial score (nSPS) is 22.4. The molecule has 0 bridgehead atoms. The van der Waals surface area contributed by atoms with Gasteiger partial charge in [-0.25, -0.2) is 0 Å². The van der Waals surface area contributed by atoms with E-state index in [1.54, 1.807) is 0 Å². The Labute approximate surface area is 118 Å². The first-order chi connectivity index (χ1) is 9.49. The molecule has 20 heavy (non-hydrogen) atoms. The van der Waals surface area contributed by atoms with Crippen LogP contribution in [0.5, 0.6) is 5.75 Å². The van der Waals surface area contributed by atoms with E-state index < -0.39 is 0 Å². The molecule has 5 heteroatoms. The average molecular weight is 273 g/mol. The number of rotatable bonds is 2. The summed E-state index contributed by atoms with van der Waals surface area (Å²) in [6.45, 7) is 7.72. The number of nitrogens with zero attached hydrogens (tertiary/aromatic N) is 2. The summed E-state index contributed by atoms with van der Waals surface area (Å²) in [5, 5.41) is 17.2. The van der Waals surface area contributed by atoms with Crippen molar-refractivity contribution in [3.8, 4) is 17.1 Å². The fraction of sp³-hybridized carbons (Fsp3) is 0.467. The SMILES string of the molecule is Cc1cc(-c2noc(C3(C)CCNC3)n2)cc(C)c1O. The van der Waals surface area contributed by atoms with Crippen LogP contribution in [0.1, 0.15) is 30.4 Å². The smallest absolute Gasteiger partial charge is 0.234 e. The highest BCUT2D eigenvalue weighted by Gasteiger charge is 2.36. The largest absolute Gasteiger partial charge is 0.507 e. The Hall–Kier alpha value is -1.88. The van der Waals surface area contributed by atoms with Crippen molar-refractivity contribution in [3.05, 3.63) is 29.2 Å². The fourth-order valence-corrected chi connectivity index (χ4v) is 2.67. The second-order valence-corrected chi connectivity index (χ2v) is 5.87. The van der Waals surface area contributed by atoms with Crippen LogP contribution < -0.4 is 5.32 Å². The molecule has 2 heterocycles. The number of nitrogens with one attached hydrogen (secondary N) is 1. The van der Waals surface area contributed by atoms with E-state index in [9.17, 15) is 5.11 Å². The lowest BCUT2D eigenvalue weighted by Crippen LogP contribution is -2.25. The third kappa shape index (κ3) is 2.08. The van der Waals surface area contributed by atoms with E-state index in [1.807, 2.05) is 26.0 Å². The van der Waals surface area contributed by atoms with Gasteiger partial charge in [-0.2, -0.15) is 4.98 Å². The summed E-state index contributed by atoms with van der Waals surface area (Å²) in [6.07, 6.45) is 1.00. The van der Waals surface area contributed by atoms with Gasteiger partial charge in [0.15, 0.2) is 0 Å². The van der Waals surface area contributed by atoms with Gasteiger partial charge in [0, 0.05) is 12.1 Å². The molecule has 0 radical (unpaired) electrons. The quantitative estimate of drug-likeness (QED) is 0.878. The summed E-state index contributed by atoms with van der Waals surface area (Å²) in [6, 6.07) is 3.76. The molecule has 5 nitrogen and oxygen atoms in total. The van der Waals surface area contributed by atoms with Crippen LogP contribution >= 0.6 is 0 Å². The Bertz CT molecular complexity index is 619. The van der Waals surface area contributed by atoms with Gasteiger partial charge >= 0.3 is 0 Å². The third-order valence-electron chi connectivity index (χ3n) is 4.06. The molecule has 1 saturated heterocycles. The molecule has 2 aromatic rings. The first-order valence-corrected chi connectivity index (χ1v) is 6.85. The summed E-state index contributed by atoms with van der Waals surface area (Å²) in [5.41, 5.74) is 2.44. The summed E-state index contributed by atoms with van der Waals surface area (Å²) in [4.78, 5) is 4.55. The first kappa shape index (κ1) is 13.1. The molecule has 1 aromatic heterocycles. The van der Waals surface area contributed by atoms with Crippen LogP contribution in [0.3, 0.4) is 0 Å². The highest BCUT2D eigenvalue weighted by Crippen LogP contribution is 2.32. The highest BCUT2D eigenvalue weighted by molar-refractivity contribution is 5.60. The average Bonchev–Trinajstić information content (AvgIpc) is 3.05. The van der Waals surface area contributed by atoms with E-state index in [2.05, 4.69) is 22.4 Å². The molecule has 1 fully saturated rings. The molecular weight excluding hydrogens is 254 g/mol. The maximum Gasteiger partial charge on any atom is 0.234 e. The van der Waals surface area contributed by atoms with E-state index >= 15 is 0 Å². The number of benzene rings is 1. The fourth-order valence-electron chi connectivity index (χ4n) is 2.67. The number of aromatic hydroxyl groups is 1. The van der Waals surface area contributed by atoms with Gasteiger partial charge in [0.25, 0.3) is 0 Å². The molecular formula is C15H19N3O2. The zero-order valence-corrected chi connectivity index (χ0v) is 12.0. The Morgan fingerprint density at radius 1 is 1.30 bits per heavy atom. The van der Waals surface area contributed by atoms with Crippen LogP contribution in [0.4, 0.5) is 0 Å². The van der Waals surface area contributed by atoms with Gasteiger partial charge in [-0.05, 0) is 57.0 Å². The number of phenols is 1. The van der Waals surface area contributed by atoms with Crippen molar-refractivity contribution >= 4 is 0 Å². The van der Waals surface area contributed by atoms with Crippen molar-refractivity contribution in [2.45, 2.75) is 32.6 Å². The maximum absolute atomic E-state index is 9.82. The standard InChI is InChI=1S/C15H19N3O2/c1-9-6-11(7-10(2)12(9)19)13-17-14(20-18-13)15(3)4-5-16-8-15/h6-7,16,19H,4-5,8H2,1-3H3. The Morgan fingerprint density at radius 2 is 2.00 bits per heavy atom. The molecule has 0 aliphatic carbocycles. The number of aryl methyl sites for hydroxylation is 2. The molecule has 106 valence electrons. The van der Waals surface area contributed by atoms with Crippen molar-refractivity contribution < 1.29 is 9.63 Å². The summed E-state index contributed by atoms with van der Waals surface area (Å²) in [7, 11) is 0. The van der Waals surface area contributed by atoms with Crippen molar-refractivity contribution in [2.75, 3.05) is 13.1 Å². The van der Waals surface area contributed by atoms with E-state index in [0.29, 0.717) is 17.5 Å². The van der Waals surface area contributed by atoms with Crippen LogP contribution in [-0.4, -0.2) is 28.3 Å². The molecule has 1 atom stereocenters. The lowest BCUT2D eigenvalue weighted by molar-refractivity contribution is 0.306. The predicted octanol–water partition coefficient (Wildman–Crippen LogP) is 2.31. The van der Waals surface area contributed by atoms with Gasteiger partial charge < -0.3 is 14.9 Å². The van der Waals surface area contributed by atoms with Crippen molar-refractivity contribution in [1.29, 1.82) is 0 Å². The van der Waals surface area contributed by atoms with Crippen molar-refractivity contribution in [1.82, 2.24) is 15.5 Å². The molecule has 0 saturated carbocycles. The van der Waals surface area contributed by atoms with Gasteiger partial charge in [0.1, 0.15) is 5.75 Å². The molecule has 0 amide bonds. The molecule has 1 unspecified atom stereocenters. The van der Waals surface area contributed by atoms with Gasteiger partial charge in [0.05, 0.1) is 5.41 Å². The zero-order chi connectivity index (χ0) is 14.3. The number of hydrogen-bond donors (Lipinski definition) is 2. The molecule has 1 aromatic carbocycles. The van der Waals surface area contributed by atoms with Crippen molar-refractivity contribution in [2.24, 2.45) is 0 Å². The Balaban J connectivity index is 1.98. The Morgan fingerprint density at radius 3 is 2.60 bits per heavy atom. The van der Waals surface area contributed by atoms with Crippen molar-refractivity contribution in [3.63, 3.8) is 0 Å². The zero-order valence-electron chi connectivity index (χ0n) is 12.0. The minimum atomic E-state index is -0.0771. The van der Waals surface area contributed by atoms with Crippen LogP contribution in [0.2, 0.25) is 0 Å². The number of hydrogen-bond acceptors (Lipinski definition) is 5. The highest BCUT2D eigenvalue weighted by atomic mass is 16.5. The van der Waals surface area contributed by atoms with Gasteiger partial charge in [-0.15, -0.1) is 0 Å². The van der Waals surface area contributed by atoms with Crippen LogP contribution in [0.25, 0.3) is 11.4 Å².